The molecule has 0 unspecified atom stereocenters. The zero-order valence-corrected chi connectivity index (χ0v) is 12.9. The smallest absolute Gasteiger partial charge is 0.308 e. The van der Waals surface area contributed by atoms with Gasteiger partial charge in [0.15, 0.2) is 0 Å². The Labute approximate surface area is 128 Å². The van der Waals surface area contributed by atoms with E-state index in [9.17, 15) is 9.18 Å². The van der Waals surface area contributed by atoms with Gasteiger partial charge in [0.05, 0.1) is 6.42 Å². The molecule has 0 aliphatic heterocycles. The summed E-state index contributed by atoms with van der Waals surface area (Å²) in [6.45, 7) is 1.02. The van der Waals surface area contributed by atoms with E-state index in [-0.39, 0.29) is 12.2 Å². The van der Waals surface area contributed by atoms with E-state index in [0.717, 1.165) is 14.2 Å². The van der Waals surface area contributed by atoms with E-state index >= 15 is 0 Å². The number of hydrogen-bond donors (Lipinski definition) is 2. The highest BCUT2D eigenvalue weighted by molar-refractivity contribution is 9.10. The Hall–Kier alpha value is -1.24. The molecule has 0 amide bonds. The van der Waals surface area contributed by atoms with Gasteiger partial charge in [-0.3, -0.25) is 4.79 Å². The molecule has 106 valence electrons. The molecule has 0 atom stereocenters. The minimum atomic E-state index is -0.831. The Bertz CT molecular complexity index is 615. The van der Waals surface area contributed by atoms with Crippen molar-refractivity contribution in [2.45, 2.75) is 19.5 Å². The SMILES string of the molecule is O=C(O)Cc1ccc(CNCc2cc(Br)ccc2F)s1. The van der Waals surface area contributed by atoms with Crippen molar-refractivity contribution in [1.29, 1.82) is 0 Å². The van der Waals surface area contributed by atoms with Crippen LogP contribution < -0.4 is 5.32 Å². The minimum absolute atomic E-state index is 0.0466. The number of carboxylic acid groups (broad SMARTS) is 1. The van der Waals surface area contributed by atoms with Crippen molar-refractivity contribution in [3.63, 3.8) is 0 Å². The second kappa shape index (κ2) is 6.97. The highest BCUT2D eigenvalue weighted by Crippen LogP contribution is 2.18. The summed E-state index contributed by atoms with van der Waals surface area (Å²) >= 11 is 4.77. The van der Waals surface area contributed by atoms with Crippen LogP contribution in [0.2, 0.25) is 0 Å². The molecular weight excluding hydrogens is 345 g/mol. The summed E-state index contributed by atoms with van der Waals surface area (Å²) in [5.41, 5.74) is 0.599. The molecule has 2 N–H and O–H groups in total. The first-order valence-corrected chi connectivity index (χ1v) is 7.59. The van der Waals surface area contributed by atoms with Crippen molar-refractivity contribution >= 4 is 33.2 Å². The van der Waals surface area contributed by atoms with Gasteiger partial charge in [-0.25, -0.2) is 4.39 Å². The first-order valence-electron chi connectivity index (χ1n) is 5.98. The van der Waals surface area contributed by atoms with Crippen LogP contribution in [0.3, 0.4) is 0 Å². The van der Waals surface area contributed by atoms with Crippen LogP contribution in [0, 0.1) is 5.82 Å². The van der Waals surface area contributed by atoms with Crippen LogP contribution in [0.15, 0.2) is 34.8 Å². The molecule has 0 radical (unpaired) electrons. The summed E-state index contributed by atoms with van der Waals surface area (Å²) in [5, 5.41) is 11.9. The fraction of sp³-hybridized carbons (Fsp3) is 0.214. The number of rotatable bonds is 6. The summed E-state index contributed by atoms with van der Waals surface area (Å²) < 4.78 is 14.4. The molecule has 2 rings (SSSR count). The Kier molecular flexibility index (Phi) is 5.28. The Morgan fingerprint density at radius 2 is 2.00 bits per heavy atom. The standard InChI is InChI=1S/C14H13BrFNO2S/c15-10-1-4-13(16)9(5-10)7-17-8-12-3-2-11(20-12)6-14(18)19/h1-5,17H,6-8H2,(H,18,19). The molecule has 0 aliphatic carbocycles. The number of thiophene rings is 1. The first-order chi connectivity index (χ1) is 9.54. The number of halogens is 2. The molecule has 0 saturated heterocycles. The monoisotopic (exact) mass is 357 g/mol. The van der Waals surface area contributed by atoms with Gasteiger partial charge >= 0.3 is 5.97 Å². The zero-order chi connectivity index (χ0) is 14.5. The lowest BCUT2D eigenvalue weighted by atomic mass is 10.2. The molecule has 0 fully saturated rings. The van der Waals surface area contributed by atoms with Gasteiger partial charge in [-0.05, 0) is 30.3 Å². The quantitative estimate of drug-likeness (QED) is 0.830. The number of aliphatic carboxylic acids is 1. The van der Waals surface area contributed by atoms with Crippen molar-refractivity contribution in [3.05, 3.63) is 55.9 Å². The van der Waals surface area contributed by atoms with E-state index in [4.69, 9.17) is 5.11 Å². The maximum Gasteiger partial charge on any atom is 0.308 e. The van der Waals surface area contributed by atoms with Gasteiger partial charge in [-0.2, -0.15) is 0 Å². The average Bonchev–Trinajstić information content (AvgIpc) is 2.80. The Morgan fingerprint density at radius 3 is 2.75 bits per heavy atom. The predicted molar refractivity (Wildman–Crippen MR) is 80.3 cm³/mol. The number of hydrogen-bond acceptors (Lipinski definition) is 3. The lowest BCUT2D eigenvalue weighted by Crippen LogP contribution is -2.12. The minimum Gasteiger partial charge on any atom is -0.481 e. The predicted octanol–water partition coefficient (Wildman–Crippen LogP) is 3.57. The molecule has 0 bridgehead atoms. The summed E-state index contributed by atoms with van der Waals surface area (Å²) in [4.78, 5) is 12.5. The van der Waals surface area contributed by atoms with E-state index < -0.39 is 5.97 Å². The summed E-state index contributed by atoms with van der Waals surface area (Å²) in [6, 6.07) is 8.54. The maximum absolute atomic E-state index is 13.5. The molecule has 3 nitrogen and oxygen atoms in total. The number of carboxylic acids is 1. The number of carbonyl (C=O) groups is 1. The second-order valence-electron chi connectivity index (χ2n) is 4.28. The van der Waals surface area contributed by atoms with Gasteiger partial charge in [0.2, 0.25) is 0 Å². The van der Waals surface area contributed by atoms with Crippen LogP contribution in [0.25, 0.3) is 0 Å². The van der Waals surface area contributed by atoms with E-state index in [0.29, 0.717) is 18.7 Å². The molecule has 20 heavy (non-hydrogen) atoms. The molecule has 0 spiro atoms. The van der Waals surface area contributed by atoms with Gasteiger partial charge in [-0.15, -0.1) is 11.3 Å². The van der Waals surface area contributed by atoms with E-state index in [1.54, 1.807) is 12.1 Å². The molecule has 1 aromatic heterocycles. The van der Waals surface area contributed by atoms with Gasteiger partial charge in [0.1, 0.15) is 5.82 Å². The van der Waals surface area contributed by atoms with Gasteiger partial charge in [0, 0.05) is 32.9 Å². The highest BCUT2D eigenvalue weighted by atomic mass is 79.9. The fourth-order valence-corrected chi connectivity index (χ4v) is 3.15. The van der Waals surface area contributed by atoms with E-state index in [1.165, 1.54) is 17.4 Å². The van der Waals surface area contributed by atoms with Crippen molar-refractivity contribution in [3.8, 4) is 0 Å². The summed E-state index contributed by atoms with van der Waals surface area (Å²) in [6.07, 6.45) is 0.0466. The molecule has 2 aromatic rings. The van der Waals surface area contributed by atoms with Crippen molar-refractivity contribution in [2.75, 3.05) is 0 Å². The van der Waals surface area contributed by atoms with Crippen LogP contribution in [0.1, 0.15) is 15.3 Å². The lowest BCUT2D eigenvalue weighted by molar-refractivity contribution is -0.136. The lowest BCUT2D eigenvalue weighted by Gasteiger charge is -2.05. The zero-order valence-electron chi connectivity index (χ0n) is 10.5. The van der Waals surface area contributed by atoms with Crippen LogP contribution in [0.5, 0.6) is 0 Å². The fourth-order valence-electron chi connectivity index (χ4n) is 1.76. The maximum atomic E-state index is 13.5. The third kappa shape index (κ3) is 4.40. The Balaban J connectivity index is 1.88. The number of nitrogens with one attached hydrogen (secondary N) is 1. The van der Waals surface area contributed by atoms with Crippen molar-refractivity contribution < 1.29 is 14.3 Å². The molecule has 6 heteroatoms. The third-order valence-corrected chi connectivity index (χ3v) is 4.24. The second-order valence-corrected chi connectivity index (χ2v) is 6.45. The summed E-state index contributed by atoms with van der Waals surface area (Å²) in [5.74, 6) is -1.07. The molecular formula is C14H13BrFNO2S. The summed E-state index contributed by atoms with van der Waals surface area (Å²) in [7, 11) is 0. The van der Waals surface area contributed by atoms with Crippen LogP contribution >= 0.6 is 27.3 Å². The van der Waals surface area contributed by atoms with Crippen LogP contribution in [-0.2, 0) is 24.3 Å². The first kappa shape index (κ1) is 15.2. The topological polar surface area (TPSA) is 49.3 Å². The van der Waals surface area contributed by atoms with Crippen LogP contribution in [0.4, 0.5) is 4.39 Å². The van der Waals surface area contributed by atoms with Gasteiger partial charge in [0.25, 0.3) is 0 Å². The highest BCUT2D eigenvalue weighted by Gasteiger charge is 2.06. The van der Waals surface area contributed by atoms with Crippen molar-refractivity contribution in [1.82, 2.24) is 5.32 Å². The Morgan fingerprint density at radius 1 is 1.25 bits per heavy atom. The largest absolute Gasteiger partial charge is 0.481 e. The van der Waals surface area contributed by atoms with Crippen molar-refractivity contribution in [2.24, 2.45) is 0 Å². The number of benzene rings is 1. The van der Waals surface area contributed by atoms with Gasteiger partial charge < -0.3 is 10.4 Å². The molecule has 1 aromatic carbocycles. The molecule has 0 aliphatic rings. The van der Waals surface area contributed by atoms with E-state index in [1.807, 2.05) is 12.1 Å². The molecule has 0 saturated carbocycles. The normalized spacial score (nSPS) is 10.7. The van der Waals surface area contributed by atoms with Gasteiger partial charge in [-0.1, -0.05) is 15.9 Å². The van der Waals surface area contributed by atoms with Crippen LogP contribution in [-0.4, -0.2) is 11.1 Å². The average molecular weight is 358 g/mol. The third-order valence-electron chi connectivity index (χ3n) is 2.67. The molecule has 1 heterocycles. The van der Waals surface area contributed by atoms with E-state index in [2.05, 4.69) is 21.2 Å².